The Balaban J connectivity index is 1.75. The molecular weight excluding hydrogens is 376 g/mol. The van der Waals surface area contributed by atoms with Crippen LogP contribution in [0, 0.1) is 0 Å². The third kappa shape index (κ3) is 6.98. The van der Waals surface area contributed by atoms with Crippen LogP contribution in [0.15, 0.2) is 60.7 Å². The normalized spacial score (nSPS) is 12.1. The van der Waals surface area contributed by atoms with Gasteiger partial charge in [0.05, 0.1) is 0 Å². The van der Waals surface area contributed by atoms with Crippen LogP contribution in [0.3, 0.4) is 0 Å². The number of carbonyl (C=O) groups is 4. The Morgan fingerprint density at radius 1 is 0.828 bits per heavy atom. The number of benzene rings is 2. The van der Waals surface area contributed by atoms with Crippen molar-refractivity contribution in [3.63, 3.8) is 0 Å². The van der Waals surface area contributed by atoms with Crippen molar-refractivity contribution in [2.45, 2.75) is 26.0 Å². The van der Waals surface area contributed by atoms with Gasteiger partial charge in [-0.25, -0.2) is 9.59 Å². The Morgan fingerprint density at radius 3 is 2.03 bits per heavy atom. The molecule has 2 aromatic carbocycles. The van der Waals surface area contributed by atoms with Crippen LogP contribution in [0.2, 0.25) is 0 Å². The molecule has 2 atom stereocenters. The smallest absolute Gasteiger partial charge is 0.329 e. The van der Waals surface area contributed by atoms with E-state index in [0.717, 1.165) is 0 Å². The van der Waals surface area contributed by atoms with Crippen molar-refractivity contribution < 1.29 is 23.9 Å². The summed E-state index contributed by atoms with van der Waals surface area (Å²) in [6.45, 7) is 2.77. The van der Waals surface area contributed by atoms with Gasteiger partial charge in [-0.15, -0.1) is 0 Å². The molecule has 0 aliphatic rings. The second-order valence-corrected chi connectivity index (χ2v) is 6.07. The summed E-state index contributed by atoms with van der Waals surface area (Å²) in [5.41, 5.74) is 5.34. The molecule has 29 heavy (non-hydrogen) atoms. The molecule has 152 valence electrons. The van der Waals surface area contributed by atoms with E-state index < -0.39 is 36.0 Å². The average molecular weight is 398 g/mol. The lowest BCUT2D eigenvalue weighted by Crippen LogP contribution is -2.48. The van der Waals surface area contributed by atoms with Gasteiger partial charge in [0, 0.05) is 11.3 Å². The molecule has 4 amide bonds. The summed E-state index contributed by atoms with van der Waals surface area (Å²) in [5, 5.41) is 4.99. The molecule has 0 aliphatic carbocycles. The van der Waals surface area contributed by atoms with E-state index >= 15 is 0 Å². The topological polar surface area (TPSA) is 126 Å². The maximum absolute atomic E-state index is 12.1. The summed E-state index contributed by atoms with van der Waals surface area (Å²) >= 11 is 0. The van der Waals surface area contributed by atoms with Gasteiger partial charge in [-0.3, -0.25) is 20.4 Å². The van der Waals surface area contributed by atoms with Crippen LogP contribution in [0.5, 0.6) is 0 Å². The SMILES string of the molecule is C[C@H](NC(=O)Nc1ccccc1)C(=O)O[C@H](C)C(=O)NNC(=O)c1ccccc1. The number of para-hydroxylation sites is 1. The van der Waals surface area contributed by atoms with Crippen molar-refractivity contribution in [3.05, 3.63) is 66.2 Å². The summed E-state index contributed by atoms with van der Waals surface area (Å²) in [6, 6.07) is 15.4. The lowest BCUT2D eigenvalue weighted by atomic mass is 10.2. The van der Waals surface area contributed by atoms with Gasteiger partial charge in [0.15, 0.2) is 6.10 Å². The van der Waals surface area contributed by atoms with Crippen LogP contribution in [0.25, 0.3) is 0 Å². The van der Waals surface area contributed by atoms with Gasteiger partial charge < -0.3 is 15.4 Å². The van der Waals surface area contributed by atoms with E-state index in [4.69, 9.17) is 4.74 Å². The van der Waals surface area contributed by atoms with E-state index in [1.165, 1.54) is 13.8 Å². The largest absolute Gasteiger partial charge is 0.451 e. The average Bonchev–Trinajstić information content (AvgIpc) is 2.72. The van der Waals surface area contributed by atoms with Gasteiger partial charge in [-0.1, -0.05) is 36.4 Å². The Kier molecular flexibility index (Phi) is 7.72. The minimum absolute atomic E-state index is 0.361. The van der Waals surface area contributed by atoms with E-state index in [1.54, 1.807) is 60.7 Å². The van der Waals surface area contributed by atoms with E-state index in [1.807, 2.05) is 0 Å². The van der Waals surface area contributed by atoms with E-state index in [9.17, 15) is 19.2 Å². The zero-order valence-electron chi connectivity index (χ0n) is 16.0. The number of urea groups is 1. The van der Waals surface area contributed by atoms with Crippen LogP contribution in [-0.2, 0) is 14.3 Å². The molecule has 2 aromatic rings. The number of amides is 4. The Morgan fingerprint density at radius 2 is 1.41 bits per heavy atom. The molecule has 0 aromatic heterocycles. The molecule has 0 radical (unpaired) electrons. The van der Waals surface area contributed by atoms with Crippen LogP contribution in [0.4, 0.5) is 10.5 Å². The van der Waals surface area contributed by atoms with Gasteiger partial charge in [-0.2, -0.15) is 0 Å². The molecule has 0 heterocycles. The highest BCUT2D eigenvalue weighted by Gasteiger charge is 2.23. The van der Waals surface area contributed by atoms with Gasteiger partial charge >= 0.3 is 12.0 Å². The van der Waals surface area contributed by atoms with Crippen molar-refractivity contribution in [2.75, 3.05) is 5.32 Å². The number of hydrazine groups is 1. The molecule has 9 heteroatoms. The molecule has 0 aliphatic heterocycles. The molecule has 9 nitrogen and oxygen atoms in total. The second-order valence-electron chi connectivity index (χ2n) is 6.07. The molecule has 0 unspecified atom stereocenters. The first-order valence-corrected chi connectivity index (χ1v) is 8.85. The fraction of sp³-hybridized carbons (Fsp3) is 0.200. The van der Waals surface area contributed by atoms with Crippen molar-refractivity contribution in [1.29, 1.82) is 0 Å². The quantitative estimate of drug-likeness (QED) is 0.434. The molecule has 0 saturated heterocycles. The summed E-state index contributed by atoms with van der Waals surface area (Å²) in [5.74, 6) is -2.03. The van der Waals surface area contributed by atoms with Crippen LogP contribution in [0.1, 0.15) is 24.2 Å². The fourth-order valence-corrected chi connectivity index (χ4v) is 2.16. The highest BCUT2D eigenvalue weighted by molar-refractivity contribution is 5.96. The molecule has 0 bridgehead atoms. The number of ether oxygens (including phenoxy) is 1. The first kappa shape index (κ1) is 21.4. The van der Waals surface area contributed by atoms with Gasteiger partial charge in [-0.05, 0) is 38.1 Å². The van der Waals surface area contributed by atoms with Gasteiger partial charge in [0.25, 0.3) is 11.8 Å². The van der Waals surface area contributed by atoms with Gasteiger partial charge in [0.1, 0.15) is 6.04 Å². The third-order valence-corrected chi connectivity index (χ3v) is 3.73. The summed E-state index contributed by atoms with van der Waals surface area (Å²) < 4.78 is 5.02. The zero-order valence-corrected chi connectivity index (χ0v) is 16.0. The predicted octanol–water partition coefficient (Wildman–Crippen LogP) is 1.59. The number of hydrogen-bond donors (Lipinski definition) is 4. The molecule has 0 spiro atoms. The first-order valence-electron chi connectivity index (χ1n) is 8.85. The first-order chi connectivity index (χ1) is 13.9. The van der Waals surface area contributed by atoms with Crippen molar-refractivity contribution in [3.8, 4) is 0 Å². The lowest BCUT2D eigenvalue weighted by molar-refractivity contribution is -0.156. The third-order valence-electron chi connectivity index (χ3n) is 3.73. The van der Waals surface area contributed by atoms with E-state index in [2.05, 4.69) is 21.5 Å². The number of esters is 1. The number of rotatable bonds is 6. The van der Waals surface area contributed by atoms with Crippen molar-refractivity contribution in [1.82, 2.24) is 16.2 Å². The Bertz CT molecular complexity index is 858. The molecule has 2 rings (SSSR count). The van der Waals surface area contributed by atoms with E-state index in [-0.39, 0.29) is 0 Å². The van der Waals surface area contributed by atoms with Crippen LogP contribution >= 0.6 is 0 Å². The summed E-state index contributed by atoms with van der Waals surface area (Å²) in [7, 11) is 0. The minimum Gasteiger partial charge on any atom is -0.451 e. The maximum atomic E-state index is 12.1. The minimum atomic E-state index is -1.18. The van der Waals surface area contributed by atoms with Crippen molar-refractivity contribution >= 4 is 29.5 Å². The molecule has 0 saturated carbocycles. The van der Waals surface area contributed by atoms with E-state index in [0.29, 0.717) is 11.3 Å². The maximum Gasteiger partial charge on any atom is 0.329 e. The summed E-state index contributed by atoms with van der Waals surface area (Å²) in [4.78, 5) is 47.9. The van der Waals surface area contributed by atoms with Crippen LogP contribution in [-0.4, -0.2) is 36.0 Å². The molecule has 4 N–H and O–H groups in total. The van der Waals surface area contributed by atoms with Crippen molar-refractivity contribution in [2.24, 2.45) is 0 Å². The Hall–Kier alpha value is -3.88. The number of carbonyl (C=O) groups excluding carboxylic acids is 4. The highest BCUT2D eigenvalue weighted by Crippen LogP contribution is 2.05. The van der Waals surface area contributed by atoms with Crippen LogP contribution < -0.4 is 21.5 Å². The number of anilines is 1. The fourth-order valence-electron chi connectivity index (χ4n) is 2.16. The molecule has 0 fully saturated rings. The standard InChI is InChI=1S/C20H22N4O5/c1-13(21-20(28)22-16-11-7-4-8-12-16)19(27)29-14(2)17(25)23-24-18(26)15-9-5-3-6-10-15/h3-14H,1-2H3,(H,23,25)(H,24,26)(H2,21,22,28)/t13-,14+/m0/s1. The predicted molar refractivity (Wildman–Crippen MR) is 106 cm³/mol. The lowest BCUT2D eigenvalue weighted by Gasteiger charge is -2.18. The second kappa shape index (κ2) is 10.5. The number of hydrogen-bond acceptors (Lipinski definition) is 5. The summed E-state index contributed by atoms with van der Waals surface area (Å²) in [6.07, 6.45) is -1.18. The monoisotopic (exact) mass is 398 g/mol. The zero-order chi connectivity index (χ0) is 21.2. The highest BCUT2D eigenvalue weighted by atomic mass is 16.5. The molecular formula is C20H22N4O5. The number of nitrogens with one attached hydrogen (secondary N) is 4. The Labute approximate surface area is 167 Å². The van der Waals surface area contributed by atoms with Gasteiger partial charge in [0.2, 0.25) is 0 Å².